The van der Waals surface area contributed by atoms with Gasteiger partial charge in [-0.15, -0.1) is 0 Å². The van der Waals surface area contributed by atoms with Crippen molar-refractivity contribution >= 4 is 5.97 Å². The Balaban J connectivity index is 0.000000168. The molecule has 4 nitrogen and oxygen atoms in total. The lowest BCUT2D eigenvalue weighted by Crippen LogP contribution is -2.40. The highest BCUT2D eigenvalue weighted by atomic mass is 19.4. The van der Waals surface area contributed by atoms with E-state index in [0.29, 0.717) is 6.10 Å². The summed E-state index contributed by atoms with van der Waals surface area (Å²) < 4.78 is 37.1. The zero-order valence-electron chi connectivity index (χ0n) is 8.33. The van der Waals surface area contributed by atoms with Crippen LogP contribution in [0.5, 0.6) is 0 Å². The van der Waals surface area contributed by atoms with E-state index >= 15 is 0 Å². The predicted octanol–water partition coefficient (Wildman–Crippen LogP) is 1.07. The van der Waals surface area contributed by atoms with Crippen molar-refractivity contribution in [3.63, 3.8) is 0 Å². The fourth-order valence-electron chi connectivity index (χ4n) is 1.51. The van der Waals surface area contributed by atoms with Crippen molar-refractivity contribution in [1.29, 1.82) is 0 Å². The van der Waals surface area contributed by atoms with Gasteiger partial charge in [0, 0.05) is 5.54 Å². The Hall–Kier alpha value is -1.08. The van der Waals surface area contributed by atoms with Crippen LogP contribution in [0.15, 0.2) is 12.2 Å². The number of fused-ring (bicyclic) bond motifs is 2. The summed E-state index contributed by atoms with van der Waals surface area (Å²) in [6.07, 6.45) is 1.48. The Morgan fingerprint density at radius 1 is 1.56 bits per heavy atom. The fourth-order valence-corrected chi connectivity index (χ4v) is 1.51. The minimum Gasteiger partial charge on any atom is -0.475 e. The average Bonchev–Trinajstić information content (AvgIpc) is 2.39. The van der Waals surface area contributed by atoms with Crippen LogP contribution in [0.2, 0.25) is 0 Å². The number of carboxylic acids is 1. The number of hydrogen-bond acceptors (Lipinski definition) is 3. The minimum absolute atomic E-state index is 0.0145. The van der Waals surface area contributed by atoms with Crippen LogP contribution in [-0.4, -0.2) is 35.5 Å². The summed E-state index contributed by atoms with van der Waals surface area (Å²) in [7, 11) is 0. The maximum absolute atomic E-state index is 10.6. The van der Waals surface area contributed by atoms with Crippen LogP contribution >= 0.6 is 0 Å². The van der Waals surface area contributed by atoms with Crippen molar-refractivity contribution in [3.05, 3.63) is 12.2 Å². The van der Waals surface area contributed by atoms with Gasteiger partial charge in [-0.2, -0.15) is 13.2 Å². The van der Waals surface area contributed by atoms with Gasteiger partial charge in [0.1, 0.15) is 0 Å². The van der Waals surface area contributed by atoms with E-state index in [2.05, 4.69) is 12.2 Å². The number of ether oxygens (including phenoxy) is 1. The monoisotopic (exact) mass is 239 g/mol. The molecule has 0 aromatic carbocycles. The number of carbonyl (C=O) groups is 1. The van der Waals surface area contributed by atoms with Crippen molar-refractivity contribution in [2.45, 2.75) is 30.7 Å². The lowest BCUT2D eigenvalue weighted by molar-refractivity contribution is -0.192. The summed E-state index contributed by atoms with van der Waals surface area (Å²) >= 11 is 0. The molecule has 2 unspecified atom stereocenters. The van der Waals surface area contributed by atoms with Gasteiger partial charge in [-0.1, -0.05) is 12.2 Å². The average molecular weight is 239 g/mol. The second-order valence-electron chi connectivity index (χ2n) is 3.85. The van der Waals surface area contributed by atoms with E-state index in [4.69, 9.17) is 20.4 Å². The van der Waals surface area contributed by atoms with Gasteiger partial charge in [0.25, 0.3) is 0 Å². The summed E-state index contributed by atoms with van der Waals surface area (Å²) in [5, 5.41) is 7.12. The lowest BCUT2D eigenvalue weighted by Gasteiger charge is -2.21. The van der Waals surface area contributed by atoms with Gasteiger partial charge in [-0.3, -0.25) is 0 Å². The Kier molecular flexibility index (Phi) is 3.59. The third-order valence-corrected chi connectivity index (χ3v) is 2.31. The summed E-state index contributed by atoms with van der Waals surface area (Å²) in [6, 6.07) is 0. The topological polar surface area (TPSA) is 72.5 Å². The molecule has 0 saturated carbocycles. The molecule has 1 heterocycles. The normalized spacial score (nSPS) is 31.9. The van der Waals surface area contributed by atoms with Crippen LogP contribution < -0.4 is 5.73 Å². The van der Waals surface area contributed by atoms with Crippen molar-refractivity contribution in [1.82, 2.24) is 0 Å². The van der Waals surface area contributed by atoms with E-state index in [1.165, 1.54) is 0 Å². The molecule has 0 amide bonds. The van der Waals surface area contributed by atoms with Crippen LogP contribution in [0.1, 0.15) is 12.8 Å². The molecule has 2 rings (SSSR count). The number of hydrogen-bond donors (Lipinski definition) is 2. The highest BCUT2D eigenvalue weighted by Gasteiger charge is 2.38. The standard InChI is InChI=1S/C7H11NO.C2HF3O2/c8-7-3-1-2-6(4-7)9-5-7;3-2(4,5)1(6)7/h1-2,6H,3-5,8H2;(H,6,7). The van der Waals surface area contributed by atoms with E-state index in [1.807, 2.05) is 0 Å². The minimum atomic E-state index is -5.08. The maximum atomic E-state index is 10.6. The molecule has 1 saturated heterocycles. The van der Waals surface area contributed by atoms with Gasteiger partial charge < -0.3 is 15.6 Å². The van der Waals surface area contributed by atoms with E-state index in [-0.39, 0.29) is 5.54 Å². The SMILES string of the molecule is NC12CC=CC(C1)OC2.O=C(O)C(F)(F)F. The highest BCUT2D eigenvalue weighted by Crippen LogP contribution is 2.29. The number of carboxylic acid groups (broad SMARTS) is 1. The molecule has 2 bridgehead atoms. The maximum Gasteiger partial charge on any atom is 0.490 e. The second kappa shape index (κ2) is 4.42. The van der Waals surface area contributed by atoms with Crippen molar-refractivity contribution in [2.24, 2.45) is 5.73 Å². The summed E-state index contributed by atoms with van der Waals surface area (Å²) in [5.74, 6) is -2.76. The molecular formula is C9H12F3NO3. The van der Waals surface area contributed by atoms with Crippen LogP contribution in [0.3, 0.4) is 0 Å². The van der Waals surface area contributed by atoms with E-state index in [9.17, 15) is 13.2 Å². The van der Waals surface area contributed by atoms with Gasteiger partial charge in [0.05, 0.1) is 12.7 Å². The van der Waals surface area contributed by atoms with Gasteiger partial charge in [-0.25, -0.2) is 4.79 Å². The smallest absolute Gasteiger partial charge is 0.475 e. The quantitative estimate of drug-likeness (QED) is 0.620. The molecular weight excluding hydrogens is 227 g/mol. The molecule has 7 heteroatoms. The van der Waals surface area contributed by atoms with Gasteiger partial charge >= 0.3 is 12.1 Å². The molecule has 2 aliphatic rings. The first-order chi connectivity index (χ1) is 7.23. The Bertz CT molecular complexity index is 303. The van der Waals surface area contributed by atoms with E-state index in [0.717, 1.165) is 19.4 Å². The largest absolute Gasteiger partial charge is 0.490 e. The zero-order chi connectivity index (χ0) is 12.4. The summed E-state index contributed by atoms with van der Waals surface area (Å²) in [4.78, 5) is 8.90. The number of halogens is 3. The first kappa shape index (κ1) is 13.0. The third kappa shape index (κ3) is 3.49. The van der Waals surface area contributed by atoms with Crippen molar-refractivity contribution in [3.8, 4) is 0 Å². The third-order valence-electron chi connectivity index (χ3n) is 2.31. The highest BCUT2D eigenvalue weighted by molar-refractivity contribution is 5.73. The van der Waals surface area contributed by atoms with Crippen LogP contribution in [0.25, 0.3) is 0 Å². The summed E-state index contributed by atoms with van der Waals surface area (Å²) in [6.45, 7) is 0.741. The van der Waals surface area contributed by atoms with Gasteiger partial charge in [-0.05, 0) is 12.8 Å². The van der Waals surface area contributed by atoms with E-state index in [1.54, 1.807) is 0 Å². The Labute approximate surface area is 89.9 Å². The molecule has 0 aromatic heterocycles. The Morgan fingerprint density at radius 2 is 2.12 bits per heavy atom. The molecule has 1 aliphatic carbocycles. The number of rotatable bonds is 0. The number of nitrogens with two attached hydrogens (primary N) is 1. The predicted molar refractivity (Wildman–Crippen MR) is 48.7 cm³/mol. The molecule has 3 N–H and O–H groups in total. The van der Waals surface area contributed by atoms with Gasteiger partial charge in [0.2, 0.25) is 0 Å². The Morgan fingerprint density at radius 3 is 2.50 bits per heavy atom. The lowest BCUT2D eigenvalue weighted by atomic mass is 9.89. The molecule has 16 heavy (non-hydrogen) atoms. The molecule has 1 fully saturated rings. The molecule has 1 aliphatic heterocycles. The first-order valence-electron chi connectivity index (χ1n) is 4.60. The number of alkyl halides is 3. The molecule has 92 valence electrons. The van der Waals surface area contributed by atoms with Crippen molar-refractivity contribution in [2.75, 3.05) is 6.61 Å². The second-order valence-corrected chi connectivity index (χ2v) is 3.85. The van der Waals surface area contributed by atoms with Gasteiger partial charge in [0.15, 0.2) is 0 Å². The molecule has 0 radical (unpaired) electrons. The molecule has 0 aromatic rings. The number of aliphatic carboxylic acids is 1. The zero-order valence-corrected chi connectivity index (χ0v) is 8.33. The fraction of sp³-hybridized carbons (Fsp3) is 0.667. The van der Waals surface area contributed by atoms with Crippen LogP contribution in [0.4, 0.5) is 13.2 Å². The van der Waals surface area contributed by atoms with Crippen LogP contribution in [0, 0.1) is 0 Å². The molecule has 0 spiro atoms. The van der Waals surface area contributed by atoms with E-state index < -0.39 is 12.1 Å². The van der Waals surface area contributed by atoms with Crippen molar-refractivity contribution < 1.29 is 27.8 Å². The summed E-state index contributed by atoms with van der Waals surface area (Å²) in [5.41, 5.74) is 5.91. The molecule has 2 atom stereocenters. The van der Waals surface area contributed by atoms with Crippen LogP contribution in [-0.2, 0) is 9.53 Å². The first-order valence-corrected chi connectivity index (χ1v) is 4.60.